The Kier molecular flexibility index (Phi) is 4.84. The van der Waals surface area contributed by atoms with Crippen LogP contribution in [0.1, 0.15) is 42.7 Å². The van der Waals surface area contributed by atoms with Crippen molar-refractivity contribution in [1.29, 1.82) is 0 Å². The molecule has 0 spiro atoms. The minimum Gasteiger partial charge on any atom is -0.480 e. The number of ether oxygens (including phenoxy) is 1. The molecule has 2 aromatic rings. The summed E-state index contributed by atoms with van der Waals surface area (Å²) in [5, 5.41) is 9.47. The molecule has 2 aliphatic rings. The Morgan fingerprint density at radius 2 is 1.59 bits per heavy atom. The van der Waals surface area contributed by atoms with Gasteiger partial charge in [0.1, 0.15) is 12.6 Å². The third kappa shape index (κ3) is 3.29. The van der Waals surface area contributed by atoms with Crippen molar-refractivity contribution in [1.82, 2.24) is 4.90 Å². The number of carboxylic acids is 1. The Morgan fingerprint density at radius 3 is 2.22 bits per heavy atom. The molecule has 1 N–H and O–H groups in total. The standard InChI is InChI=1S/C22H23NO4/c24-21(25)20-12-2-1-7-13-23(20)22(26)27-14-19-17-10-5-3-8-15(17)16-9-4-6-11-18(16)19/h3-6,8-11,19-20H,1-2,7,12-14H2,(H,24,25)/t20-/m0/s1. The Balaban J connectivity index is 1.53. The molecule has 5 nitrogen and oxygen atoms in total. The maximum absolute atomic E-state index is 12.7. The molecular weight excluding hydrogens is 342 g/mol. The van der Waals surface area contributed by atoms with Gasteiger partial charge in [0.15, 0.2) is 0 Å². The van der Waals surface area contributed by atoms with Crippen LogP contribution < -0.4 is 0 Å². The zero-order chi connectivity index (χ0) is 18.8. The summed E-state index contributed by atoms with van der Waals surface area (Å²) in [4.78, 5) is 25.6. The van der Waals surface area contributed by atoms with Gasteiger partial charge in [0.2, 0.25) is 0 Å². The molecule has 27 heavy (non-hydrogen) atoms. The zero-order valence-corrected chi connectivity index (χ0v) is 15.1. The summed E-state index contributed by atoms with van der Waals surface area (Å²) in [6.07, 6.45) is 2.54. The number of likely N-dealkylation sites (tertiary alicyclic amines) is 1. The normalized spacial score (nSPS) is 19.1. The van der Waals surface area contributed by atoms with E-state index in [1.165, 1.54) is 16.0 Å². The van der Waals surface area contributed by atoms with E-state index in [2.05, 4.69) is 24.3 Å². The maximum Gasteiger partial charge on any atom is 0.410 e. The SMILES string of the molecule is O=C(O)[C@@H]1CCCCCN1C(=O)OCC1c2ccccc2-c2ccccc21. The number of carbonyl (C=O) groups is 2. The first-order valence-corrected chi connectivity index (χ1v) is 9.51. The second kappa shape index (κ2) is 7.43. The summed E-state index contributed by atoms with van der Waals surface area (Å²) in [6.45, 7) is 0.656. The summed E-state index contributed by atoms with van der Waals surface area (Å²) in [5.74, 6) is -0.970. The molecule has 1 fully saturated rings. The topological polar surface area (TPSA) is 66.8 Å². The van der Waals surface area contributed by atoms with Crippen LogP contribution >= 0.6 is 0 Å². The number of hydrogen-bond acceptors (Lipinski definition) is 3. The third-order valence-electron chi connectivity index (χ3n) is 5.61. The van der Waals surface area contributed by atoms with Crippen LogP contribution in [0.15, 0.2) is 48.5 Å². The Bertz CT molecular complexity index is 817. The van der Waals surface area contributed by atoms with Crippen molar-refractivity contribution in [3.63, 3.8) is 0 Å². The van der Waals surface area contributed by atoms with Gasteiger partial charge >= 0.3 is 12.1 Å². The molecule has 1 atom stereocenters. The largest absolute Gasteiger partial charge is 0.480 e. The van der Waals surface area contributed by atoms with Gasteiger partial charge in [-0.15, -0.1) is 0 Å². The lowest BCUT2D eigenvalue weighted by molar-refractivity contribution is -0.142. The summed E-state index contributed by atoms with van der Waals surface area (Å²) in [5.41, 5.74) is 4.65. The Hall–Kier alpha value is -2.82. The lowest BCUT2D eigenvalue weighted by Crippen LogP contribution is -2.45. The number of fused-ring (bicyclic) bond motifs is 3. The zero-order valence-electron chi connectivity index (χ0n) is 15.1. The van der Waals surface area contributed by atoms with Crippen LogP contribution in [-0.2, 0) is 9.53 Å². The second-order valence-corrected chi connectivity index (χ2v) is 7.20. The van der Waals surface area contributed by atoms with Gasteiger partial charge in [-0.05, 0) is 35.1 Å². The van der Waals surface area contributed by atoms with Crippen LogP contribution in [0.25, 0.3) is 11.1 Å². The summed E-state index contributed by atoms with van der Waals surface area (Å²) in [7, 11) is 0. The van der Waals surface area contributed by atoms with E-state index in [-0.39, 0.29) is 12.5 Å². The van der Waals surface area contributed by atoms with E-state index >= 15 is 0 Å². The predicted octanol–water partition coefficient (Wildman–Crippen LogP) is 4.26. The summed E-state index contributed by atoms with van der Waals surface area (Å²) >= 11 is 0. The van der Waals surface area contributed by atoms with E-state index in [0.717, 1.165) is 30.4 Å². The molecule has 2 aromatic carbocycles. The van der Waals surface area contributed by atoms with Gasteiger partial charge < -0.3 is 9.84 Å². The van der Waals surface area contributed by atoms with Gasteiger partial charge in [0.25, 0.3) is 0 Å². The van der Waals surface area contributed by atoms with E-state index in [0.29, 0.717) is 13.0 Å². The number of benzene rings is 2. The van der Waals surface area contributed by atoms with Crippen molar-refractivity contribution in [3.8, 4) is 11.1 Å². The number of amides is 1. The monoisotopic (exact) mass is 365 g/mol. The van der Waals surface area contributed by atoms with E-state index in [9.17, 15) is 14.7 Å². The molecule has 1 saturated heterocycles. The van der Waals surface area contributed by atoms with Gasteiger partial charge in [0.05, 0.1) is 0 Å². The number of hydrogen-bond donors (Lipinski definition) is 1. The highest BCUT2D eigenvalue weighted by molar-refractivity contribution is 5.81. The van der Waals surface area contributed by atoms with Crippen LogP contribution in [0.3, 0.4) is 0 Å². The molecule has 1 amide bonds. The highest BCUT2D eigenvalue weighted by Crippen LogP contribution is 2.44. The fourth-order valence-electron chi connectivity index (χ4n) is 4.26. The molecule has 5 heteroatoms. The van der Waals surface area contributed by atoms with Gasteiger partial charge in [-0.25, -0.2) is 9.59 Å². The lowest BCUT2D eigenvalue weighted by atomic mass is 9.98. The molecule has 0 bridgehead atoms. The average Bonchev–Trinajstić information content (AvgIpc) is 2.83. The molecule has 1 aliphatic heterocycles. The van der Waals surface area contributed by atoms with Crippen molar-refractivity contribution >= 4 is 12.1 Å². The van der Waals surface area contributed by atoms with Crippen molar-refractivity contribution < 1.29 is 19.4 Å². The third-order valence-corrected chi connectivity index (χ3v) is 5.61. The van der Waals surface area contributed by atoms with Gasteiger partial charge in [0, 0.05) is 12.5 Å². The molecule has 0 aromatic heterocycles. The number of nitrogens with zero attached hydrogens (tertiary/aromatic N) is 1. The molecular formula is C22H23NO4. The first-order valence-electron chi connectivity index (χ1n) is 9.51. The molecule has 0 unspecified atom stereocenters. The molecule has 0 radical (unpaired) electrons. The molecule has 4 rings (SSSR count). The highest BCUT2D eigenvalue weighted by atomic mass is 16.6. The van der Waals surface area contributed by atoms with Crippen LogP contribution in [-0.4, -0.2) is 41.3 Å². The number of aliphatic carboxylic acids is 1. The first-order chi connectivity index (χ1) is 13.2. The van der Waals surface area contributed by atoms with E-state index < -0.39 is 18.1 Å². The van der Waals surface area contributed by atoms with Crippen molar-refractivity contribution in [3.05, 3.63) is 59.7 Å². The second-order valence-electron chi connectivity index (χ2n) is 7.20. The minimum absolute atomic E-state index is 0.0170. The fourth-order valence-corrected chi connectivity index (χ4v) is 4.26. The van der Waals surface area contributed by atoms with Crippen LogP contribution in [0.5, 0.6) is 0 Å². The number of carboxylic acid groups (broad SMARTS) is 1. The fraction of sp³-hybridized carbons (Fsp3) is 0.364. The van der Waals surface area contributed by atoms with Crippen LogP contribution in [0.4, 0.5) is 4.79 Å². The van der Waals surface area contributed by atoms with Crippen LogP contribution in [0.2, 0.25) is 0 Å². The summed E-state index contributed by atoms with van der Waals surface area (Å²) in [6, 6.07) is 15.5. The molecule has 1 aliphatic carbocycles. The van der Waals surface area contributed by atoms with Gasteiger partial charge in [-0.1, -0.05) is 61.4 Å². The van der Waals surface area contributed by atoms with E-state index in [4.69, 9.17) is 4.74 Å². The lowest BCUT2D eigenvalue weighted by Gasteiger charge is -2.27. The smallest absolute Gasteiger partial charge is 0.410 e. The molecule has 0 saturated carbocycles. The van der Waals surface area contributed by atoms with Gasteiger partial charge in [-0.3, -0.25) is 4.90 Å². The number of carbonyl (C=O) groups excluding carboxylic acids is 1. The predicted molar refractivity (Wildman–Crippen MR) is 102 cm³/mol. The maximum atomic E-state index is 12.7. The average molecular weight is 365 g/mol. The van der Waals surface area contributed by atoms with Crippen molar-refractivity contribution in [2.75, 3.05) is 13.2 Å². The van der Waals surface area contributed by atoms with Crippen molar-refractivity contribution in [2.45, 2.75) is 37.6 Å². The summed E-state index contributed by atoms with van der Waals surface area (Å²) < 4.78 is 5.64. The molecule has 1 heterocycles. The quantitative estimate of drug-likeness (QED) is 0.882. The first kappa shape index (κ1) is 17.6. The minimum atomic E-state index is -0.953. The van der Waals surface area contributed by atoms with Crippen molar-refractivity contribution in [2.24, 2.45) is 0 Å². The van der Waals surface area contributed by atoms with Gasteiger partial charge in [-0.2, -0.15) is 0 Å². The highest BCUT2D eigenvalue weighted by Gasteiger charge is 2.34. The Morgan fingerprint density at radius 1 is 0.963 bits per heavy atom. The van der Waals surface area contributed by atoms with Crippen LogP contribution in [0, 0.1) is 0 Å². The molecule has 140 valence electrons. The van der Waals surface area contributed by atoms with E-state index in [1.807, 2.05) is 24.3 Å². The van der Waals surface area contributed by atoms with E-state index in [1.54, 1.807) is 0 Å². The Labute approximate surface area is 158 Å². The number of rotatable bonds is 3.